The summed E-state index contributed by atoms with van der Waals surface area (Å²) in [7, 11) is 0. The Bertz CT molecular complexity index is 352. The highest BCUT2D eigenvalue weighted by molar-refractivity contribution is 5.82. The van der Waals surface area contributed by atoms with Gasteiger partial charge in [0.05, 0.1) is 12.9 Å². The lowest BCUT2D eigenvalue weighted by atomic mass is 10.1. The third kappa shape index (κ3) is 4.70. The van der Waals surface area contributed by atoms with Crippen molar-refractivity contribution < 1.29 is 9.53 Å². The number of carbonyl (C=O) groups excluding carboxylic acids is 1. The zero-order valence-electron chi connectivity index (χ0n) is 9.76. The van der Waals surface area contributed by atoms with Crippen LogP contribution in [0.5, 0.6) is 0 Å². The summed E-state index contributed by atoms with van der Waals surface area (Å²) in [5, 5.41) is 2.76. The van der Waals surface area contributed by atoms with Crippen LogP contribution in [0.2, 0.25) is 0 Å². The normalized spacial score (nSPS) is 11.6. The van der Waals surface area contributed by atoms with Crippen molar-refractivity contribution in [2.45, 2.75) is 12.5 Å². The number of benzene rings is 1. The first-order valence-corrected chi connectivity index (χ1v) is 5.56. The van der Waals surface area contributed by atoms with Crippen LogP contribution >= 0.6 is 0 Å². The second-order valence-corrected chi connectivity index (χ2v) is 3.57. The van der Waals surface area contributed by atoms with Crippen LogP contribution in [-0.4, -0.2) is 19.1 Å². The molecule has 1 aromatic rings. The molecule has 0 aromatic heterocycles. The topological polar surface area (TPSA) is 64.3 Å². The summed E-state index contributed by atoms with van der Waals surface area (Å²) >= 11 is 0. The molecule has 0 spiro atoms. The summed E-state index contributed by atoms with van der Waals surface area (Å²) in [5.41, 5.74) is 6.63. The molecular formula is C13H18N2O2. The van der Waals surface area contributed by atoms with Gasteiger partial charge in [0.1, 0.15) is 6.04 Å². The van der Waals surface area contributed by atoms with Crippen molar-refractivity contribution >= 4 is 5.91 Å². The number of nitrogens with two attached hydrogens (primary N) is 1. The Morgan fingerprint density at radius 2 is 2.18 bits per heavy atom. The molecule has 0 heterocycles. The molecule has 1 aromatic carbocycles. The van der Waals surface area contributed by atoms with Gasteiger partial charge in [-0.3, -0.25) is 4.79 Å². The number of ether oxygens (including phenoxy) is 1. The number of amides is 1. The van der Waals surface area contributed by atoms with Gasteiger partial charge < -0.3 is 15.8 Å². The van der Waals surface area contributed by atoms with Crippen molar-refractivity contribution in [3.8, 4) is 0 Å². The second kappa shape index (κ2) is 7.46. The quantitative estimate of drug-likeness (QED) is 0.553. The van der Waals surface area contributed by atoms with Gasteiger partial charge in [-0.25, -0.2) is 0 Å². The maximum Gasteiger partial charge on any atom is 0.241 e. The summed E-state index contributed by atoms with van der Waals surface area (Å²) in [4.78, 5) is 11.7. The standard InChI is InChI=1S/C13H18N2O2/c1-2-17-10-6-9-15-13(16)12(14)11-7-4-3-5-8-11/h2-5,7-8,12H,1,6,9-10,14H2,(H,15,16)/t12-/m1/s1. The van der Waals surface area contributed by atoms with Crippen LogP contribution in [0.25, 0.3) is 0 Å². The van der Waals surface area contributed by atoms with E-state index >= 15 is 0 Å². The number of nitrogens with one attached hydrogen (secondary N) is 1. The van der Waals surface area contributed by atoms with Gasteiger partial charge >= 0.3 is 0 Å². The molecule has 0 saturated heterocycles. The largest absolute Gasteiger partial charge is 0.502 e. The molecule has 4 heteroatoms. The van der Waals surface area contributed by atoms with E-state index in [0.717, 1.165) is 12.0 Å². The van der Waals surface area contributed by atoms with Gasteiger partial charge in [0, 0.05) is 6.54 Å². The Hall–Kier alpha value is -1.81. The van der Waals surface area contributed by atoms with Crippen LogP contribution in [0.1, 0.15) is 18.0 Å². The predicted octanol–water partition coefficient (Wildman–Crippen LogP) is 1.35. The zero-order valence-corrected chi connectivity index (χ0v) is 9.76. The second-order valence-electron chi connectivity index (χ2n) is 3.57. The molecule has 4 nitrogen and oxygen atoms in total. The first-order valence-electron chi connectivity index (χ1n) is 5.56. The van der Waals surface area contributed by atoms with Crippen molar-refractivity contribution in [2.75, 3.05) is 13.2 Å². The molecule has 1 rings (SSSR count). The summed E-state index contributed by atoms with van der Waals surface area (Å²) in [6.07, 6.45) is 2.12. The van der Waals surface area contributed by atoms with E-state index in [4.69, 9.17) is 10.5 Å². The number of hydrogen-bond acceptors (Lipinski definition) is 3. The molecule has 0 aliphatic rings. The van der Waals surface area contributed by atoms with Crippen LogP contribution < -0.4 is 11.1 Å². The van der Waals surface area contributed by atoms with Crippen LogP contribution in [0.15, 0.2) is 43.2 Å². The molecule has 17 heavy (non-hydrogen) atoms. The average Bonchev–Trinajstić information content (AvgIpc) is 2.38. The first kappa shape index (κ1) is 13.3. The molecule has 0 radical (unpaired) electrons. The molecule has 0 bridgehead atoms. The van der Waals surface area contributed by atoms with Gasteiger partial charge in [-0.05, 0) is 12.0 Å². The Morgan fingerprint density at radius 1 is 1.47 bits per heavy atom. The Balaban J connectivity index is 2.30. The SMILES string of the molecule is C=COCCCNC(=O)[C@H](N)c1ccccc1. The minimum absolute atomic E-state index is 0.171. The van der Waals surface area contributed by atoms with Crippen molar-refractivity contribution in [3.05, 3.63) is 48.7 Å². The lowest BCUT2D eigenvalue weighted by Crippen LogP contribution is -2.34. The van der Waals surface area contributed by atoms with Crippen molar-refractivity contribution in [2.24, 2.45) is 5.73 Å². The van der Waals surface area contributed by atoms with E-state index in [1.54, 1.807) is 0 Å². The molecule has 0 aliphatic heterocycles. The maximum absolute atomic E-state index is 11.7. The highest BCUT2D eigenvalue weighted by Crippen LogP contribution is 2.08. The van der Waals surface area contributed by atoms with E-state index < -0.39 is 6.04 Å². The lowest BCUT2D eigenvalue weighted by molar-refractivity contribution is -0.122. The first-order chi connectivity index (χ1) is 8.25. The lowest BCUT2D eigenvalue weighted by Gasteiger charge is -2.12. The Kier molecular flexibility index (Phi) is 5.82. The van der Waals surface area contributed by atoms with Crippen LogP contribution in [0.4, 0.5) is 0 Å². The van der Waals surface area contributed by atoms with Crippen LogP contribution in [0.3, 0.4) is 0 Å². The third-order valence-electron chi connectivity index (χ3n) is 2.30. The van der Waals surface area contributed by atoms with E-state index in [1.807, 2.05) is 30.3 Å². The molecule has 0 unspecified atom stereocenters. The van der Waals surface area contributed by atoms with Crippen LogP contribution in [0, 0.1) is 0 Å². The molecule has 1 atom stereocenters. The van der Waals surface area contributed by atoms with Gasteiger partial charge in [-0.15, -0.1) is 0 Å². The molecule has 0 saturated carbocycles. The van der Waals surface area contributed by atoms with E-state index in [0.29, 0.717) is 13.2 Å². The minimum atomic E-state index is -0.614. The summed E-state index contributed by atoms with van der Waals surface area (Å²) in [6.45, 7) is 4.53. The fourth-order valence-electron chi connectivity index (χ4n) is 1.37. The van der Waals surface area contributed by atoms with Crippen molar-refractivity contribution in [1.29, 1.82) is 0 Å². The number of carbonyl (C=O) groups is 1. The van der Waals surface area contributed by atoms with Gasteiger partial charge in [0.15, 0.2) is 0 Å². The fraction of sp³-hybridized carbons (Fsp3) is 0.308. The molecule has 1 amide bonds. The molecule has 92 valence electrons. The summed E-state index contributed by atoms with van der Waals surface area (Å²) in [5.74, 6) is -0.171. The van der Waals surface area contributed by atoms with Crippen molar-refractivity contribution in [1.82, 2.24) is 5.32 Å². The zero-order chi connectivity index (χ0) is 12.5. The fourth-order valence-corrected chi connectivity index (χ4v) is 1.37. The van der Waals surface area contributed by atoms with Gasteiger partial charge in [-0.2, -0.15) is 0 Å². The Morgan fingerprint density at radius 3 is 2.82 bits per heavy atom. The van der Waals surface area contributed by atoms with E-state index in [1.165, 1.54) is 6.26 Å². The van der Waals surface area contributed by atoms with E-state index in [-0.39, 0.29) is 5.91 Å². The monoisotopic (exact) mass is 234 g/mol. The van der Waals surface area contributed by atoms with E-state index in [9.17, 15) is 4.79 Å². The van der Waals surface area contributed by atoms with Crippen LogP contribution in [-0.2, 0) is 9.53 Å². The number of rotatable bonds is 7. The molecule has 3 N–H and O–H groups in total. The molecule has 0 aliphatic carbocycles. The minimum Gasteiger partial charge on any atom is -0.502 e. The molecular weight excluding hydrogens is 216 g/mol. The maximum atomic E-state index is 11.7. The van der Waals surface area contributed by atoms with Gasteiger partial charge in [-0.1, -0.05) is 36.9 Å². The Labute approximate surface area is 101 Å². The van der Waals surface area contributed by atoms with E-state index in [2.05, 4.69) is 11.9 Å². The molecule has 0 fully saturated rings. The average molecular weight is 234 g/mol. The summed E-state index contributed by atoms with van der Waals surface area (Å²) < 4.78 is 4.94. The summed E-state index contributed by atoms with van der Waals surface area (Å²) in [6, 6.07) is 8.68. The predicted molar refractivity (Wildman–Crippen MR) is 67.1 cm³/mol. The third-order valence-corrected chi connectivity index (χ3v) is 2.30. The van der Waals surface area contributed by atoms with Gasteiger partial charge in [0.25, 0.3) is 0 Å². The smallest absolute Gasteiger partial charge is 0.241 e. The number of hydrogen-bond donors (Lipinski definition) is 2. The highest BCUT2D eigenvalue weighted by Gasteiger charge is 2.14. The van der Waals surface area contributed by atoms with Gasteiger partial charge in [0.2, 0.25) is 5.91 Å². The highest BCUT2D eigenvalue weighted by atomic mass is 16.5. The van der Waals surface area contributed by atoms with Crippen molar-refractivity contribution in [3.63, 3.8) is 0 Å².